The van der Waals surface area contributed by atoms with Crippen LogP contribution in [0.5, 0.6) is 0 Å². The number of nitrogens with one attached hydrogen (secondary N) is 1. The molecule has 2 aliphatic rings. The molecule has 1 aliphatic heterocycles. The van der Waals surface area contributed by atoms with E-state index < -0.39 is 6.04 Å². The SMILES string of the molecule is CC1=C(C(=O)OC2CCCCC2)[C@H](c2ccc(Br)cc2)n2nnnc2N1. The van der Waals surface area contributed by atoms with Gasteiger partial charge >= 0.3 is 5.97 Å². The number of hydrogen-bond acceptors (Lipinski definition) is 6. The number of allylic oxidation sites excluding steroid dienone is 1. The Morgan fingerprint density at radius 3 is 2.69 bits per heavy atom. The molecule has 0 spiro atoms. The summed E-state index contributed by atoms with van der Waals surface area (Å²) in [6.07, 6.45) is 5.31. The lowest BCUT2D eigenvalue weighted by Gasteiger charge is -2.29. The van der Waals surface area contributed by atoms with Crippen molar-refractivity contribution < 1.29 is 9.53 Å². The number of hydrogen-bond donors (Lipinski definition) is 1. The van der Waals surface area contributed by atoms with Crippen molar-refractivity contribution in [3.63, 3.8) is 0 Å². The molecule has 0 radical (unpaired) electrons. The molecule has 1 fully saturated rings. The summed E-state index contributed by atoms with van der Waals surface area (Å²) >= 11 is 3.45. The highest BCUT2D eigenvalue weighted by atomic mass is 79.9. The van der Waals surface area contributed by atoms with Crippen LogP contribution in [0, 0.1) is 0 Å². The second-order valence-electron chi connectivity index (χ2n) is 6.73. The standard InChI is InChI=1S/C18H20BrN5O2/c1-11-15(17(25)26-14-5-3-2-4-6-14)16(12-7-9-13(19)10-8-12)24-18(20-11)21-22-23-24/h7-10,14,16H,2-6H2,1H3,(H,20,21,23)/t16-/m0/s1. The number of rotatable bonds is 3. The van der Waals surface area contributed by atoms with Crippen molar-refractivity contribution in [1.82, 2.24) is 20.2 Å². The van der Waals surface area contributed by atoms with Crippen molar-refractivity contribution in [2.45, 2.75) is 51.2 Å². The van der Waals surface area contributed by atoms with Crippen molar-refractivity contribution in [2.24, 2.45) is 0 Å². The van der Waals surface area contributed by atoms with Crippen LogP contribution >= 0.6 is 15.9 Å². The summed E-state index contributed by atoms with van der Waals surface area (Å²) in [4.78, 5) is 13.0. The Morgan fingerprint density at radius 1 is 1.23 bits per heavy atom. The Balaban J connectivity index is 1.69. The first-order chi connectivity index (χ1) is 12.6. The first-order valence-corrected chi connectivity index (χ1v) is 9.65. The number of carbonyl (C=O) groups excluding carboxylic acids is 1. The fourth-order valence-corrected chi connectivity index (χ4v) is 3.89. The largest absolute Gasteiger partial charge is 0.459 e. The topological polar surface area (TPSA) is 81.9 Å². The molecular weight excluding hydrogens is 398 g/mol. The zero-order valence-electron chi connectivity index (χ0n) is 14.5. The van der Waals surface area contributed by atoms with Gasteiger partial charge in [-0.1, -0.05) is 39.6 Å². The van der Waals surface area contributed by atoms with Crippen molar-refractivity contribution in [2.75, 3.05) is 5.32 Å². The zero-order valence-corrected chi connectivity index (χ0v) is 16.1. The first kappa shape index (κ1) is 17.2. The van der Waals surface area contributed by atoms with Crippen LogP contribution in [0.1, 0.15) is 50.6 Å². The molecule has 1 aromatic heterocycles. The molecule has 2 aromatic rings. The number of anilines is 1. The van der Waals surface area contributed by atoms with Gasteiger partial charge in [0.2, 0.25) is 5.95 Å². The highest BCUT2D eigenvalue weighted by molar-refractivity contribution is 9.10. The molecule has 1 aromatic carbocycles. The predicted molar refractivity (Wildman–Crippen MR) is 99.4 cm³/mol. The normalized spacial score (nSPS) is 20.5. The van der Waals surface area contributed by atoms with Gasteiger partial charge in [-0.2, -0.15) is 4.68 Å². The summed E-state index contributed by atoms with van der Waals surface area (Å²) in [6, 6.07) is 7.41. The first-order valence-electron chi connectivity index (χ1n) is 8.85. The molecule has 4 rings (SSSR count). The van der Waals surface area contributed by atoms with Gasteiger partial charge in [0.25, 0.3) is 0 Å². The molecule has 26 heavy (non-hydrogen) atoms. The van der Waals surface area contributed by atoms with Crippen molar-refractivity contribution in [1.29, 1.82) is 0 Å². The van der Waals surface area contributed by atoms with Crippen LogP contribution in [0.4, 0.5) is 5.95 Å². The van der Waals surface area contributed by atoms with E-state index in [1.165, 1.54) is 6.42 Å². The number of benzene rings is 1. The van der Waals surface area contributed by atoms with Crippen LogP contribution in [0.3, 0.4) is 0 Å². The van der Waals surface area contributed by atoms with Crippen molar-refractivity contribution in [3.8, 4) is 0 Å². The van der Waals surface area contributed by atoms with Crippen LogP contribution in [0.25, 0.3) is 0 Å². The number of tetrazole rings is 1. The lowest BCUT2D eigenvalue weighted by molar-refractivity contribution is -0.146. The van der Waals surface area contributed by atoms with E-state index in [-0.39, 0.29) is 12.1 Å². The zero-order chi connectivity index (χ0) is 18.1. The Morgan fingerprint density at radius 2 is 1.96 bits per heavy atom. The minimum atomic E-state index is -0.412. The number of aromatic nitrogens is 4. The average Bonchev–Trinajstić information content (AvgIpc) is 3.10. The van der Waals surface area contributed by atoms with Gasteiger partial charge in [-0.05, 0) is 60.7 Å². The van der Waals surface area contributed by atoms with E-state index in [9.17, 15) is 4.79 Å². The maximum Gasteiger partial charge on any atom is 0.338 e. The fraction of sp³-hybridized carbons (Fsp3) is 0.444. The number of halogens is 1. The van der Waals surface area contributed by atoms with E-state index in [1.54, 1.807) is 4.68 Å². The maximum absolute atomic E-state index is 13.0. The Kier molecular flexibility index (Phi) is 4.76. The molecular formula is C18H20BrN5O2. The molecule has 8 heteroatoms. The van der Waals surface area contributed by atoms with E-state index in [4.69, 9.17) is 4.74 Å². The average molecular weight is 418 g/mol. The Hall–Kier alpha value is -2.22. The number of fused-ring (bicyclic) bond motifs is 1. The van der Waals surface area contributed by atoms with Gasteiger partial charge < -0.3 is 10.1 Å². The number of nitrogens with zero attached hydrogens (tertiary/aromatic N) is 4. The van der Waals surface area contributed by atoms with Gasteiger partial charge in [-0.25, -0.2) is 4.79 Å². The molecule has 7 nitrogen and oxygen atoms in total. The van der Waals surface area contributed by atoms with Gasteiger partial charge in [0.05, 0.1) is 5.57 Å². The Bertz CT molecular complexity index is 840. The minimum absolute atomic E-state index is 0.00242. The third kappa shape index (κ3) is 3.25. The molecule has 1 saturated carbocycles. The van der Waals surface area contributed by atoms with Crippen LogP contribution in [-0.2, 0) is 9.53 Å². The third-order valence-electron chi connectivity index (χ3n) is 4.95. The highest BCUT2D eigenvalue weighted by Crippen LogP contribution is 2.36. The number of esters is 1. The molecule has 0 amide bonds. The molecule has 136 valence electrons. The van der Waals surface area contributed by atoms with Gasteiger partial charge in [0.1, 0.15) is 12.1 Å². The van der Waals surface area contributed by atoms with Crippen LogP contribution in [0.2, 0.25) is 0 Å². The third-order valence-corrected chi connectivity index (χ3v) is 5.47. The second kappa shape index (κ2) is 7.19. The summed E-state index contributed by atoms with van der Waals surface area (Å²) < 4.78 is 8.44. The van der Waals surface area contributed by atoms with Gasteiger partial charge in [-0.3, -0.25) is 0 Å². The lowest BCUT2D eigenvalue weighted by Crippen LogP contribution is -2.32. The molecule has 1 aliphatic carbocycles. The molecule has 0 unspecified atom stereocenters. The highest BCUT2D eigenvalue weighted by Gasteiger charge is 2.35. The molecule has 0 saturated heterocycles. The van der Waals surface area contributed by atoms with Gasteiger partial charge in [0.15, 0.2) is 0 Å². The van der Waals surface area contributed by atoms with Gasteiger partial charge in [0, 0.05) is 10.2 Å². The molecule has 0 bridgehead atoms. The molecule has 1 atom stereocenters. The van der Waals surface area contributed by atoms with Crippen molar-refractivity contribution >= 4 is 27.8 Å². The minimum Gasteiger partial charge on any atom is -0.459 e. The summed E-state index contributed by atoms with van der Waals surface area (Å²) in [7, 11) is 0. The lowest BCUT2D eigenvalue weighted by atomic mass is 9.95. The van der Waals surface area contributed by atoms with Crippen LogP contribution in [-0.4, -0.2) is 32.3 Å². The monoisotopic (exact) mass is 417 g/mol. The van der Waals surface area contributed by atoms with Crippen LogP contribution in [0.15, 0.2) is 40.0 Å². The molecule has 1 N–H and O–H groups in total. The second-order valence-corrected chi connectivity index (χ2v) is 7.65. The smallest absolute Gasteiger partial charge is 0.338 e. The summed E-state index contributed by atoms with van der Waals surface area (Å²) in [5, 5.41) is 15.0. The summed E-state index contributed by atoms with van der Waals surface area (Å²) in [5.41, 5.74) is 2.21. The summed E-state index contributed by atoms with van der Waals surface area (Å²) in [5.74, 6) is 0.223. The summed E-state index contributed by atoms with van der Waals surface area (Å²) in [6.45, 7) is 1.86. The van der Waals surface area contributed by atoms with Gasteiger partial charge in [-0.15, -0.1) is 0 Å². The van der Waals surface area contributed by atoms with Crippen LogP contribution < -0.4 is 5.32 Å². The maximum atomic E-state index is 13.0. The van der Waals surface area contributed by atoms with E-state index in [2.05, 4.69) is 36.8 Å². The molecule has 2 heterocycles. The van der Waals surface area contributed by atoms with E-state index in [0.717, 1.165) is 41.4 Å². The number of carbonyl (C=O) groups is 1. The quantitative estimate of drug-likeness (QED) is 0.768. The van der Waals surface area contributed by atoms with E-state index in [0.29, 0.717) is 11.5 Å². The predicted octanol–water partition coefficient (Wildman–Crippen LogP) is 3.60. The van der Waals surface area contributed by atoms with Crippen molar-refractivity contribution in [3.05, 3.63) is 45.6 Å². The fourth-order valence-electron chi connectivity index (χ4n) is 3.63. The number of ether oxygens (including phenoxy) is 1. The Labute approximate surface area is 159 Å². The van der Waals surface area contributed by atoms with E-state index in [1.807, 2.05) is 31.2 Å². The van der Waals surface area contributed by atoms with E-state index >= 15 is 0 Å².